The minimum absolute atomic E-state index is 0.145. The number of ether oxygens (including phenoxy) is 1. The fourth-order valence-corrected chi connectivity index (χ4v) is 3.34. The molecule has 0 amide bonds. The van der Waals surface area contributed by atoms with Crippen LogP contribution in [0.25, 0.3) is 0 Å². The van der Waals surface area contributed by atoms with Gasteiger partial charge in [-0.2, -0.15) is 13.2 Å². The van der Waals surface area contributed by atoms with Gasteiger partial charge in [0.25, 0.3) is 0 Å². The van der Waals surface area contributed by atoms with E-state index in [0.717, 1.165) is 44.2 Å². The maximum absolute atomic E-state index is 13.0. The van der Waals surface area contributed by atoms with Crippen molar-refractivity contribution in [1.29, 1.82) is 0 Å². The number of alkyl halides is 3. The third-order valence-corrected chi connectivity index (χ3v) is 5.15. The predicted molar refractivity (Wildman–Crippen MR) is 113 cm³/mol. The summed E-state index contributed by atoms with van der Waals surface area (Å²) in [5.74, 6) is 1.41. The van der Waals surface area contributed by atoms with Crippen LogP contribution in [0.3, 0.4) is 0 Å². The summed E-state index contributed by atoms with van der Waals surface area (Å²) in [6.07, 6.45) is -2.06. The largest absolute Gasteiger partial charge is 0.469 e. The van der Waals surface area contributed by atoms with E-state index in [9.17, 15) is 13.2 Å². The van der Waals surface area contributed by atoms with Crippen LogP contribution in [0.4, 0.5) is 13.2 Å². The number of nitrogens with one attached hydrogen (secondary N) is 2. The van der Waals surface area contributed by atoms with Gasteiger partial charge in [-0.05, 0) is 36.8 Å². The summed E-state index contributed by atoms with van der Waals surface area (Å²) in [5, 5.41) is 6.56. The first-order valence-electron chi connectivity index (χ1n) is 10.4. The number of guanidine groups is 1. The van der Waals surface area contributed by atoms with Crippen LogP contribution in [0.15, 0.2) is 52.1 Å². The predicted octanol–water partition coefficient (Wildman–Crippen LogP) is 3.30. The Hall–Kier alpha value is -2.52. The second-order valence-corrected chi connectivity index (χ2v) is 7.50. The summed E-state index contributed by atoms with van der Waals surface area (Å²) in [5.41, 5.74) is -0.162. The molecular weight excluding hydrogens is 409 g/mol. The first-order chi connectivity index (χ1) is 14.9. The maximum atomic E-state index is 13.0. The molecule has 0 spiro atoms. The van der Waals surface area contributed by atoms with Crippen molar-refractivity contribution >= 4 is 5.96 Å². The van der Waals surface area contributed by atoms with Crippen molar-refractivity contribution in [2.75, 3.05) is 39.4 Å². The highest BCUT2D eigenvalue weighted by atomic mass is 19.4. The van der Waals surface area contributed by atoms with Gasteiger partial charge in [-0.1, -0.05) is 12.1 Å². The first-order valence-corrected chi connectivity index (χ1v) is 10.4. The third-order valence-electron chi connectivity index (χ3n) is 5.15. The van der Waals surface area contributed by atoms with Gasteiger partial charge in [-0.25, -0.2) is 4.99 Å². The van der Waals surface area contributed by atoms with Crippen LogP contribution in [0.5, 0.6) is 0 Å². The van der Waals surface area contributed by atoms with Crippen molar-refractivity contribution in [1.82, 2.24) is 15.5 Å². The number of benzene rings is 1. The first kappa shape index (κ1) is 23.1. The molecule has 1 aliphatic rings. The molecule has 0 bridgehead atoms. The summed E-state index contributed by atoms with van der Waals surface area (Å²) < 4.78 is 49.7. The monoisotopic (exact) mass is 438 g/mol. The molecule has 1 saturated heterocycles. The number of rotatable bonds is 8. The van der Waals surface area contributed by atoms with E-state index in [0.29, 0.717) is 31.0 Å². The SMILES string of the molecule is CC(CNC(=NCc1cccc(C(F)(F)F)c1)NCCc1ccco1)N1CCOCC1. The smallest absolute Gasteiger partial charge is 0.416 e. The highest BCUT2D eigenvalue weighted by Crippen LogP contribution is 2.29. The molecule has 3 rings (SSSR count). The standard InChI is InChI=1S/C22H29F3N4O2/c1-17(29-9-12-30-13-10-29)15-27-21(26-8-7-20-6-3-11-31-20)28-16-18-4-2-5-19(14-18)22(23,24)25/h2-6,11,14,17H,7-10,12-13,15-16H2,1H3,(H2,26,27,28). The Balaban J connectivity index is 1.60. The van der Waals surface area contributed by atoms with Crippen molar-refractivity contribution < 1.29 is 22.3 Å². The molecule has 0 saturated carbocycles. The zero-order valence-electron chi connectivity index (χ0n) is 17.6. The van der Waals surface area contributed by atoms with Gasteiger partial charge in [-0.3, -0.25) is 4.90 Å². The molecule has 2 N–H and O–H groups in total. The molecule has 1 aromatic heterocycles. The molecule has 31 heavy (non-hydrogen) atoms. The van der Waals surface area contributed by atoms with Crippen molar-refractivity contribution in [2.24, 2.45) is 4.99 Å². The lowest BCUT2D eigenvalue weighted by Crippen LogP contribution is -2.49. The molecule has 6 nitrogen and oxygen atoms in total. The molecule has 9 heteroatoms. The fourth-order valence-electron chi connectivity index (χ4n) is 3.34. The number of aliphatic imine (C=N–C) groups is 1. The molecule has 1 aromatic carbocycles. The van der Waals surface area contributed by atoms with Gasteiger partial charge >= 0.3 is 6.18 Å². The normalized spacial score (nSPS) is 16.8. The lowest BCUT2D eigenvalue weighted by Gasteiger charge is -2.32. The van der Waals surface area contributed by atoms with Gasteiger partial charge in [-0.15, -0.1) is 0 Å². The molecule has 0 radical (unpaired) electrons. The Morgan fingerprint density at radius 1 is 1.16 bits per heavy atom. The number of halogens is 3. The van der Waals surface area contributed by atoms with Gasteiger partial charge in [0.15, 0.2) is 5.96 Å². The van der Waals surface area contributed by atoms with E-state index in [-0.39, 0.29) is 12.6 Å². The summed E-state index contributed by atoms with van der Waals surface area (Å²) in [7, 11) is 0. The molecular formula is C22H29F3N4O2. The average Bonchev–Trinajstić information content (AvgIpc) is 3.29. The van der Waals surface area contributed by atoms with Crippen LogP contribution in [-0.2, 0) is 23.9 Å². The number of hydrogen-bond acceptors (Lipinski definition) is 4. The second-order valence-electron chi connectivity index (χ2n) is 7.50. The van der Waals surface area contributed by atoms with E-state index in [2.05, 4.69) is 27.4 Å². The van der Waals surface area contributed by atoms with E-state index >= 15 is 0 Å². The van der Waals surface area contributed by atoms with Crippen LogP contribution < -0.4 is 10.6 Å². The number of hydrogen-bond donors (Lipinski definition) is 2. The molecule has 2 aromatic rings. The van der Waals surface area contributed by atoms with Crippen LogP contribution in [0.1, 0.15) is 23.8 Å². The average molecular weight is 438 g/mol. The van der Waals surface area contributed by atoms with E-state index in [1.54, 1.807) is 12.3 Å². The zero-order valence-corrected chi connectivity index (χ0v) is 17.6. The quantitative estimate of drug-likeness (QED) is 0.489. The van der Waals surface area contributed by atoms with Gasteiger partial charge < -0.3 is 19.8 Å². The highest BCUT2D eigenvalue weighted by molar-refractivity contribution is 5.79. The number of nitrogens with zero attached hydrogens (tertiary/aromatic N) is 2. The van der Waals surface area contributed by atoms with E-state index < -0.39 is 11.7 Å². The Kier molecular flexibility index (Phi) is 8.36. The summed E-state index contributed by atoms with van der Waals surface area (Å²) in [4.78, 5) is 6.84. The molecule has 1 unspecified atom stereocenters. The summed E-state index contributed by atoms with van der Waals surface area (Å²) >= 11 is 0. The molecule has 2 heterocycles. The zero-order chi connectivity index (χ0) is 22.1. The minimum atomic E-state index is -4.37. The lowest BCUT2D eigenvalue weighted by atomic mass is 10.1. The fraction of sp³-hybridized carbons (Fsp3) is 0.500. The van der Waals surface area contributed by atoms with Crippen LogP contribution in [0.2, 0.25) is 0 Å². The van der Waals surface area contributed by atoms with Crippen LogP contribution in [0, 0.1) is 0 Å². The molecule has 1 aliphatic heterocycles. The molecule has 0 aliphatic carbocycles. The molecule has 1 atom stereocenters. The minimum Gasteiger partial charge on any atom is -0.469 e. The van der Waals surface area contributed by atoms with Crippen molar-refractivity contribution in [3.05, 3.63) is 59.5 Å². The number of furan rings is 1. The Bertz CT molecular complexity index is 818. The van der Waals surface area contributed by atoms with E-state index in [1.165, 1.54) is 6.07 Å². The van der Waals surface area contributed by atoms with Crippen LogP contribution in [-0.4, -0.2) is 56.3 Å². The van der Waals surface area contributed by atoms with Gasteiger partial charge in [0.1, 0.15) is 5.76 Å². The maximum Gasteiger partial charge on any atom is 0.416 e. The van der Waals surface area contributed by atoms with Gasteiger partial charge in [0, 0.05) is 38.6 Å². The van der Waals surface area contributed by atoms with Crippen LogP contribution >= 0.6 is 0 Å². The number of morpholine rings is 1. The molecule has 170 valence electrons. The topological polar surface area (TPSA) is 62.0 Å². The Morgan fingerprint density at radius 2 is 1.97 bits per heavy atom. The second kappa shape index (κ2) is 11.2. The highest BCUT2D eigenvalue weighted by Gasteiger charge is 2.30. The lowest BCUT2D eigenvalue weighted by molar-refractivity contribution is -0.137. The van der Waals surface area contributed by atoms with Gasteiger partial charge in [0.05, 0.1) is 31.6 Å². The van der Waals surface area contributed by atoms with Crippen molar-refractivity contribution in [3.8, 4) is 0 Å². The third kappa shape index (κ3) is 7.59. The summed E-state index contributed by atoms with van der Waals surface area (Å²) in [6, 6.07) is 9.27. The Labute approximate surface area is 180 Å². The van der Waals surface area contributed by atoms with Gasteiger partial charge in [0.2, 0.25) is 0 Å². The molecule has 1 fully saturated rings. The van der Waals surface area contributed by atoms with Crippen molar-refractivity contribution in [2.45, 2.75) is 32.1 Å². The summed E-state index contributed by atoms with van der Waals surface area (Å²) in [6.45, 7) is 6.74. The Morgan fingerprint density at radius 3 is 2.68 bits per heavy atom. The van der Waals surface area contributed by atoms with Crippen molar-refractivity contribution in [3.63, 3.8) is 0 Å². The van der Waals surface area contributed by atoms with E-state index in [4.69, 9.17) is 9.15 Å². The van der Waals surface area contributed by atoms with E-state index in [1.807, 2.05) is 12.1 Å².